The highest BCUT2D eigenvalue weighted by atomic mass is 16.6. The number of carbonyl (C=O) groups excluding carboxylic acids is 1. The molecule has 1 saturated heterocycles. The lowest BCUT2D eigenvalue weighted by Gasteiger charge is -2.36. The van der Waals surface area contributed by atoms with Gasteiger partial charge in [0.25, 0.3) is 0 Å². The Balaban J connectivity index is 1.81. The molecule has 1 aromatic carbocycles. The maximum absolute atomic E-state index is 12.6. The van der Waals surface area contributed by atoms with Crippen LogP contribution in [-0.4, -0.2) is 46.0 Å². The van der Waals surface area contributed by atoms with Crippen LogP contribution in [0.25, 0.3) is 5.69 Å². The van der Waals surface area contributed by atoms with Crippen molar-refractivity contribution in [1.29, 1.82) is 5.26 Å². The van der Waals surface area contributed by atoms with Crippen molar-refractivity contribution in [3.63, 3.8) is 0 Å². The molecular formula is C19H23N5O2. The smallest absolute Gasteiger partial charge is 0.410 e. The molecule has 1 unspecified atom stereocenters. The molecule has 3 rings (SSSR count). The fourth-order valence-electron chi connectivity index (χ4n) is 2.86. The summed E-state index contributed by atoms with van der Waals surface area (Å²) >= 11 is 0. The third kappa shape index (κ3) is 4.03. The zero-order valence-corrected chi connectivity index (χ0v) is 15.3. The van der Waals surface area contributed by atoms with Crippen molar-refractivity contribution in [1.82, 2.24) is 20.0 Å². The molecule has 0 spiro atoms. The minimum absolute atomic E-state index is 0.182. The van der Waals surface area contributed by atoms with Gasteiger partial charge in [0.2, 0.25) is 0 Å². The Hall–Kier alpha value is -2.85. The average molecular weight is 353 g/mol. The van der Waals surface area contributed by atoms with E-state index >= 15 is 0 Å². The van der Waals surface area contributed by atoms with Gasteiger partial charge in [-0.15, -0.1) is 0 Å². The number of piperazine rings is 1. The zero-order valence-electron chi connectivity index (χ0n) is 15.3. The van der Waals surface area contributed by atoms with E-state index in [-0.39, 0.29) is 12.1 Å². The van der Waals surface area contributed by atoms with Gasteiger partial charge < -0.3 is 10.1 Å². The summed E-state index contributed by atoms with van der Waals surface area (Å²) in [5.41, 5.74) is 1.73. The molecule has 0 radical (unpaired) electrons. The molecule has 2 heterocycles. The van der Waals surface area contributed by atoms with E-state index in [1.54, 1.807) is 21.7 Å². The van der Waals surface area contributed by atoms with E-state index in [2.05, 4.69) is 16.5 Å². The summed E-state index contributed by atoms with van der Waals surface area (Å²) in [7, 11) is 0. The number of nitriles is 1. The monoisotopic (exact) mass is 353 g/mol. The molecule has 1 aliphatic heterocycles. The summed E-state index contributed by atoms with van der Waals surface area (Å²) in [6, 6.07) is 11.0. The maximum Gasteiger partial charge on any atom is 0.410 e. The van der Waals surface area contributed by atoms with Crippen LogP contribution in [-0.2, 0) is 4.74 Å². The first kappa shape index (κ1) is 18.0. The zero-order chi connectivity index (χ0) is 18.7. The highest BCUT2D eigenvalue weighted by molar-refractivity contribution is 5.69. The number of amides is 1. The van der Waals surface area contributed by atoms with E-state index in [9.17, 15) is 4.79 Å². The Morgan fingerprint density at radius 2 is 2.04 bits per heavy atom. The second-order valence-electron chi connectivity index (χ2n) is 7.24. The van der Waals surface area contributed by atoms with E-state index in [1.807, 2.05) is 45.2 Å². The van der Waals surface area contributed by atoms with Crippen LogP contribution in [0.3, 0.4) is 0 Å². The summed E-state index contributed by atoms with van der Waals surface area (Å²) in [4.78, 5) is 14.3. The molecule has 0 aliphatic carbocycles. The molecule has 0 bridgehead atoms. The fourth-order valence-corrected chi connectivity index (χ4v) is 2.86. The molecule has 1 atom stereocenters. The standard InChI is InChI=1S/C19H23N5O2/c1-19(2,3)26-18(25)23-11-9-21-13-17(23)16-8-10-24(22-16)15-6-4-14(12-20)5-7-15/h4-8,10,17,21H,9,11,13H2,1-3H3. The van der Waals surface area contributed by atoms with Gasteiger partial charge in [-0.1, -0.05) is 0 Å². The van der Waals surface area contributed by atoms with Crippen LogP contribution in [0.1, 0.15) is 38.1 Å². The van der Waals surface area contributed by atoms with Gasteiger partial charge in [0.15, 0.2) is 0 Å². The number of hydrogen-bond acceptors (Lipinski definition) is 5. The summed E-state index contributed by atoms with van der Waals surface area (Å²) in [6.45, 7) is 7.52. The van der Waals surface area contributed by atoms with Gasteiger partial charge in [-0.3, -0.25) is 4.90 Å². The minimum atomic E-state index is -0.533. The predicted octanol–water partition coefficient (Wildman–Crippen LogP) is 2.63. The lowest BCUT2D eigenvalue weighted by Crippen LogP contribution is -2.50. The molecule has 1 N–H and O–H groups in total. The normalized spacial score (nSPS) is 17.6. The summed E-state index contributed by atoms with van der Waals surface area (Å²) in [5, 5.41) is 16.8. The van der Waals surface area contributed by atoms with Gasteiger partial charge in [0.05, 0.1) is 29.1 Å². The van der Waals surface area contributed by atoms with Gasteiger partial charge in [0.1, 0.15) is 5.60 Å². The number of benzene rings is 1. The Morgan fingerprint density at radius 3 is 2.69 bits per heavy atom. The van der Waals surface area contributed by atoms with Crippen molar-refractivity contribution >= 4 is 6.09 Å². The molecular weight excluding hydrogens is 330 g/mol. The Labute approximate surface area is 153 Å². The van der Waals surface area contributed by atoms with Crippen molar-refractivity contribution in [2.24, 2.45) is 0 Å². The number of nitrogens with one attached hydrogen (secondary N) is 1. The predicted molar refractivity (Wildman–Crippen MR) is 96.8 cm³/mol. The van der Waals surface area contributed by atoms with Crippen LogP contribution in [0.2, 0.25) is 0 Å². The quantitative estimate of drug-likeness (QED) is 0.897. The maximum atomic E-state index is 12.6. The third-order valence-electron chi connectivity index (χ3n) is 4.08. The number of ether oxygens (including phenoxy) is 1. The molecule has 7 heteroatoms. The van der Waals surface area contributed by atoms with Crippen LogP contribution in [0.4, 0.5) is 4.79 Å². The van der Waals surface area contributed by atoms with Gasteiger partial charge in [-0.05, 0) is 51.1 Å². The highest BCUT2D eigenvalue weighted by Gasteiger charge is 2.32. The first-order chi connectivity index (χ1) is 12.4. The third-order valence-corrected chi connectivity index (χ3v) is 4.08. The van der Waals surface area contributed by atoms with Crippen molar-refractivity contribution in [2.75, 3.05) is 19.6 Å². The van der Waals surface area contributed by atoms with Crippen LogP contribution in [0.15, 0.2) is 36.5 Å². The topological polar surface area (TPSA) is 83.2 Å². The number of rotatable bonds is 2. The highest BCUT2D eigenvalue weighted by Crippen LogP contribution is 2.24. The fraction of sp³-hybridized carbons (Fsp3) is 0.421. The SMILES string of the molecule is CC(C)(C)OC(=O)N1CCNCC1c1ccn(-c2ccc(C#N)cc2)n1. The second-order valence-corrected chi connectivity index (χ2v) is 7.24. The molecule has 0 saturated carbocycles. The van der Waals surface area contributed by atoms with Gasteiger partial charge >= 0.3 is 6.09 Å². The van der Waals surface area contributed by atoms with Crippen molar-refractivity contribution in [3.05, 3.63) is 47.8 Å². The number of carbonyl (C=O) groups is 1. The lowest BCUT2D eigenvalue weighted by atomic mass is 10.1. The molecule has 1 amide bonds. The van der Waals surface area contributed by atoms with Gasteiger partial charge in [-0.2, -0.15) is 10.4 Å². The Bertz CT molecular complexity index is 814. The molecule has 26 heavy (non-hydrogen) atoms. The summed E-state index contributed by atoms with van der Waals surface area (Å²) in [5.74, 6) is 0. The van der Waals surface area contributed by atoms with Gasteiger partial charge in [0, 0.05) is 25.8 Å². The molecule has 136 valence electrons. The minimum Gasteiger partial charge on any atom is -0.444 e. The Kier molecular flexibility index (Phi) is 4.96. The molecule has 1 aromatic heterocycles. The van der Waals surface area contributed by atoms with E-state index in [4.69, 9.17) is 10.00 Å². The number of aromatic nitrogens is 2. The van der Waals surface area contributed by atoms with E-state index in [0.29, 0.717) is 18.7 Å². The largest absolute Gasteiger partial charge is 0.444 e. The Morgan fingerprint density at radius 1 is 1.31 bits per heavy atom. The van der Waals surface area contributed by atoms with Crippen LogP contribution < -0.4 is 5.32 Å². The van der Waals surface area contributed by atoms with Gasteiger partial charge in [-0.25, -0.2) is 9.48 Å². The van der Waals surface area contributed by atoms with Crippen molar-refractivity contribution < 1.29 is 9.53 Å². The number of hydrogen-bond donors (Lipinski definition) is 1. The molecule has 7 nitrogen and oxygen atoms in total. The van der Waals surface area contributed by atoms with Crippen LogP contribution in [0, 0.1) is 11.3 Å². The van der Waals surface area contributed by atoms with Crippen molar-refractivity contribution in [3.8, 4) is 11.8 Å². The first-order valence-electron chi connectivity index (χ1n) is 8.64. The lowest BCUT2D eigenvalue weighted by molar-refractivity contribution is 0.0113. The van der Waals surface area contributed by atoms with E-state index in [0.717, 1.165) is 17.9 Å². The summed E-state index contributed by atoms with van der Waals surface area (Å²) < 4.78 is 7.29. The number of nitrogens with zero attached hydrogens (tertiary/aromatic N) is 4. The summed E-state index contributed by atoms with van der Waals surface area (Å²) in [6.07, 6.45) is 1.54. The first-order valence-corrected chi connectivity index (χ1v) is 8.64. The molecule has 2 aromatic rings. The van der Waals surface area contributed by atoms with E-state index < -0.39 is 5.60 Å². The molecule has 1 fully saturated rings. The van der Waals surface area contributed by atoms with Crippen LogP contribution >= 0.6 is 0 Å². The second kappa shape index (κ2) is 7.18. The van der Waals surface area contributed by atoms with E-state index in [1.165, 1.54) is 0 Å². The average Bonchev–Trinajstić information content (AvgIpc) is 3.10. The van der Waals surface area contributed by atoms with Crippen LogP contribution in [0.5, 0.6) is 0 Å². The van der Waals surface area contributed by atoms with Crippen molar-refractivity contribution in [2.45, 2.75) is 32.4 Å². The molecule has 1 aliphatic rings.